The summed E-state index contributed by atoms with van der Waals surface area (Å²) in [5.41, 5.74) is 7.41. The van der Waals surface area contributed by atoms with Crippen molar-refractivity contribution in [2.75, 3.05) is 13.2 Å². The van der Waals surface area contributed by atoms with E-state index in [0.717, 1.165) is 23.1 Å². The largest absolute Gasteiger partial charge is 0.449 e. The number of fused-ring (bicyclic) bond motifs is 4. The van der Waals surface area contributed by atoms with E-state index in [1.807, 2.05) is 42.5 Å². The van der Waals surface area contributed by atoms with Crippen LogP contribution in [0.1, 0.15) is 45.0 Å². The molecular weight excluding hydrogens is 386 g/mol. The number of ether oxygens (including phenoxy) is 1. The summed E-state index contributed by atoms with van der Waals surface area (Å²) in [4.78, 5) is 24.0. The Morgan fingerprint density at radius 2 is 1.65 bits per heavy atom. The lowest BCUT2D eigenvalue weighted by Crippen LogP contribution is -2.26. The second-order valence-corrected chi connectivity index (χ2v) is 7.78. The number of aryl methyl sites for hydroxylation is 1. The molecule has 0 atom stereocenters. The van der Waals surface area contributed by atoms with Gasteiger partial charge in [-0.2, -0.15) is 0 Å². The molecule has 0 spiro atoms. The molecule has 31 heavy (non-hydrogen) atoms. The summed E-state index contributed by atoms with van der Waals surface area (Å²) in [6, 6.07) is 22.2. The molecule has 0 saturated carbocycles. The molecule has 1 N–H and O–H groups in total. The van der Waals surface area contributed by atoms with E-state index in [1.165, 1.54) is 22.3 Å². The van der Waals surface area contributed by atoms with Crippen molar-refractivity contribution in [3.8, 4) is 23.0 Å². The fraction of sp³-hybridized carbons (Fsp3) is 0.185. The first-order chi connectivity index (χ1) is 15.2. The Balaban J connectivity index is 1.18. The standard InChI is InChI=1S/C27H21NO3/c29-26-14-13-19-12-11-18(16-24(19)26)6-5-15-28-27(30)31-17-25-22-9-3-1-7-20(22)21-8-2-4-10-23(21)25/h1-4,7-12,16,25H,13-15,17H2,(H,28,30). The molecule has 3 aromatic carbocycles. The van der Waals surface area contributed by atoms with Gasteiger partial charge in [0.05, 0.1) is 6.54 Å². The number of alkyl carbamates (subject to hydrolysis) is 1. The van der Waals surface area contributed by atoms with Crippen LogP contribution < -0.4 is 5.32 Å². The fourth-order valence-corrected chi connectivity index (χ4v) is 4.43. The van der Waals surface area contributed by atoms with Crippen LogP contribution in [-0.2, 0) is 11.2 Å². The first-order valence-electron chi connectivity index (χ1n) is 10.4. The summed E-state index contributed by atoms with van der Waals surface area (Å²) in [5, 5.41) is 2.68. The lowest BCUT2D eigenvalue weighted by molar-refractivity contribution is 0.0994. The van der Waals surface area contributed by atoms with Gasteiger partial charge >= 0.3 is 6.09 Å². The maximum Gasteiger partial charge on any atom is 0.407 e. The molecule has 0 aromatic heterocycles. The monoisotopic (exact) mass is 407 g/mol. The van der Waals surface area contributed by atoms with Crippen LogP contribution in [0.15, 0.2) is 66.7 Å². The quantitative estimate of drug-likeness (QED) is 0.640. The zero-order valence-electron chi connectivity index (χ0n) is 17.0. The van der Waals surface area contributed by atoms with Gasteiger partial charge in [-0.1, -0.05) is 66.4 Å². The molecule has 0 bridgehead atoms. The number of hydrogen-bond acceptors (Lipinski definition) is 3. The van der Waals surface area contributed by atoms with Gasteiger partial charge in [0.2, 0.25) is 0 Å². The molecule has 0 radical (unpaired) electrons. The minimum absolute atomic E-state index is 0.0354. The van der Waals surface area contributed by atoms with Gasteiger partial charge in [-0.25, -0.2) is 4.79 Å². The number of carbonyl (C=O) groups excluding carboxylic acids is 2. The number of amides is 1. The zero-order chi connectivity index (χ0) is 21.2. The molecule has 0 saturated heterocycles. The van der Waals surface area contributed by atoms with Crippen LogP contribution in [0.2, 0.25) is 0 Å². The van der Waals surface area contributed by atoms with Crippen LogP contribution in [0, 0.1) is 11.8 Å². The molecule has 0 fully saturated rings. The summed E-state index contributed by atoms with van der Waals surface area (Å²) in [6.07, 6.45) is 0.904. The number of nitrogens with one attached hydrogen (secondary N) is 1. The van der Waals surface area contributed by atoms with Crippen molar-refractivity contribution in [1.82, 2.24) is 5.32 Å². The number of carbonyl (C=O) groups is 2. The summed E-state index contributed by atoms with van der Waals surface area (Å²) in [7, 11) is 0. The predicted molar refractivity (Wildman–Crippen MR) is 119 cm³/mol. The molecule has 5 rings (SSSR count). The number of benzene rings is 3. The van der Waals surface area contributed by atoms with Gasteiger partial charge in [0, 0.05) is 23.5 Å². The third-order valence-corrected chi connectivity index (χ3v) is 5.93. The topological polar surface area (TPSA) is 55.4 Å². The zero-order valence-corrected chi connectivity index (χ0v) is 17.0. The number of Topliss-reactive ketones (excluding diaryl/α,β-unsaturated/α-hetero) is 1. The molecule has 1 amide bonds. The van der Waals surface area contributed by atoms with Gasteiger partial charge < -0.3 is 10.1 Å². The minimum atomic E-state index is -0.486. The molecular formula is C27H21NO3. The van der Waals surface area contributed by atoms with Crippen molar-refractivity contribution in [3.05, 3.63) is 94.5 Å². The summed E-state index contributed by atoms with van der Waals surface area (Å²) < 4.78 is 5.50. The van der Waals surface area contributed by atoms with Crippen LogP contribution in [0.5, 0.6) is 0 Å². The SMILES string of the molecule is O=C(NCC#Cc1ccc2c(c1)C(=O)CC2)OCC1c2ccccc2-c2ccccc21. The van der Waals surface area contributed by atoms with Crippen LogP contribution in [-0.4, -0.2) is 25.0 Å². The average Bonchev–Trinajstić information content (AvgIpc) is 3.33. The fourth-order valence-electron chi connectivity index (χ4n) is 4.43. The lowest BCUT2D eigenvalue weighted by atomic mass is 9.98. The van der Waals surface area contributed by atoms with Gasteiger partial charge in [-0.3, -0.25) is 4.79 Å². The number of rotatable bonds is 3. The van der Waals surface area contributed by atoms with E-state index in [4.69, 9.17) is 4.74 Å². The van der Waals surface area contributed by atoms with E-state index in [-0.39, 0.29) is 24.9 Å². The van der Waals surface area contributed by atoms with Gasteiger partial charge in [0.25, 0.3) is 0 Å². The minimum Gasteiger partial charge on any atom is -0.449 e. The van der Waals surface area contributed by atoms with E-state index in [1.54, 1.807) is 0 Å². The second kappa shape index (κ2) is 8.12. The van der Waals surface area contributed by atoms with Crippen molar-refractivity contribution in [3.63, 3.8) is 0 Å². The first kappa shape index (κ1) is 19.1. The van der Waals surface area contributed by atoms with Crippen molar-refractivity contribution in [2.45, 2.75) is 18.8 Å². The summed E-state index contributed by atoms with van der Waals surface area (Å²) in [6.45, 7) is 0.460. The normalized spacial score (nSPS) is 13.6. The second-order valence-electron chi connectivity index (χ2n) is 7.78. The highest BCUT2D eigenvalue weighted by Gasteiger charge is 2.28. The van der Waals surface area contributed by atoms with Crippen LogP contribution in [0.4, 0.5) is 4.79 Å². The highest BCUT2D eigenvalue weighted by molar-refractivity contribution is 6.00. The Morgan fingerprint density at radius 1 is 0.935 bits per heavy atom. The van der Waals surface area contributed by atoms with Crippen molar-refractivity contribution in [1.29, 1.82) is 0 Å². The van der Waals surface area contributed by atoms with Gasteiger partial charge in [0.15, 0.2) is 5.78 Å². The Kier molecular flexibility index (Phi) is 5.01. The molecule has 152 valence electrons. The maximum atomic E-state index is 12.2. The van der Waals surface area contributed by atoms with E-state index < -0.39 is 6.09 Å². The van der Waals surface area contributed by atoms with Crippen molar-refractivity contribution in [2.24, 2.45) is 0 Å². The molecule has 4 heteroatoms. The highest BCUT2D eigenvalue weighted by atomic mass is 16.5. The number of ketones is 1. The summed E-state index contributed by atoms with van der Waals surface area (Å²) in [5.74, 6) is 6.14. The van der Waals surface area contributed by atoms with Crippen LogP contribution in [0.3, 0.4) is 0 Å². The van der Waals surface area contributed by atoms with Gasteiger partial charge in [0.1, 0.15) is 6.61 Å². The molecule has 0 heterocycles. The first-order valence-corrected chi connectivity index (χ1v) is 10.4. The Morgan fingerprint density at radius 3 is 2.39 bits per heavy atom. The molecule has 0 aliphatic heterocycles. The maximum absolute atomic E-state index is 12.2. The third kappa shape index (κ3) is 3.71. The van der Waals surface area contributed by atoms with Gasteiger partial charge in [-0.05, 0) is 46.4 Å². The Bertz CT molecular complexity index is 1200. The molecule has 3 aromatic rings. The summed E-state index contributed by atoms with van der Waals surface area (Å²) >= 11 is 0. The molecule has 2 aliphatic rings. The molecule has 0 unspecified atom stereocenters. The highest BCUT2D eigenvalue weighted by Crippen LogP contribution is 2.44. The predicted octanol–water partition coefficient (Wildman–Crippen LogP) is 4.71. The van der Waals surface area contributed by atoms with E-state index in [9.17, 15) is 9.59 Å². The van der Waals surface area contributed by atoms with Crippen LogP contribution in [0.25, 0.3) is 11.1 Å². The van der Waals surface area contributed by atoms with Crippen molar-refractivity contribution < 1.29 is 14.3 Å². The average molecular weight is 407 g/mol. The molecule has 4 nitrogen and oxygen atoms in total. The lowest BCUT2D eigenvalue weighted by Gasteiger charge is -2.14. The van der Waals surface area contributed by atoms with E-state index >= 15 is 0 Å². The van der Waals surface area contributed by atoms with E-state index in [2.05, 4.69) is 41.4 Å². The Hall–Kier alpha value is -3.84. The van der Waals surface area contributed by atoms with Crippen molar-refractivity contribution >= 4 is 11.9 Å². The van der Waals surface area contributed by atoms with Gasteiger partial charge in [-0.15, -0.1) is 0 Å². The molecule has 2 aliphatic carbocycles. The third-order valence-electron chi connectivity index (χ3n) is 5.93. The van der Waals surface area contributed by atoms with Crippen LogP contribution >= 0.6 is 0 Å². The number of hydrogen-bond donors (Lipinski definition) is 1. The van der Waals surface area contributed by atoms with E-state index in [0.29, 0.717) is 6.42 Å². The Labute approximate surface area is 181 Å². The smallest absolute Gasteiger partial charge is 0.407 e.